The molecule has 1 atom stereocenters. The number of amides is 2. The molecule has 1 N–H and O–H groups in total. The van der Waals surface area contributed by atoms with Crippen LogP contribution >= 0.6 is 23.2 Å². The fourth-order valence-corrected chi connectivity index (χ4v) is 3.93. The number of carbonyl (C=O) groups is 2. The molecular formula is C26H24Cl2N2O5. The molecule has 3 aromatic rings. The van der Waals surface area contributed by atoms with E-state index in [1.54, 1.807) is 48.2 Å². The van der Waals surface area contributed by atoms with Gasteiger partial charge >= 0.3 is 0 Å². The van der Waals surface area contributed by atoms with Gasteiger partial charge in [0, 0.05) is 10.7 Å². The van der Waals surface area contributed by atoms with Crippen LogP contribution in [0.4, 0.5) is 11.4 Å². The van der Waals surface area contributed by atoms with Crippen LogP contribution in [0, 0.1) is 6.92 Å². The Morgan fingerprint density at radius 1 is 1.11 bits per heavy atom. The first-order valence-corrected chi connectivity index (χ1v) is 11.7. The Bertz CT molecular complexity index is 1230. The first kappa shape index (κ1) is 24.7. The normalized spacial score (nSPS) is 13.5. The van der Waals surface area contributed by atoms with Gasteiger partial charge in [-0.3, -0.25) is 9.59 Å². The molecule has 0 saturated heterocycles. The van der Waals surface area contributed by atoms with Crippen molar-refractivity contribution in [3.63, 3.8) is 0 Å². The molecule has 9 heteroatoms. The number of ether oxygens (including phenoxy) is 3. The summed E-state index contributed by atoms with van der Waals surface area (Å²) in [5.41, 5.74) is 2.19. The van der Waals surface area contributed by atoms with Crippen molar-refractivity contribution in [2.45, 2.75) is 20.0 Å². The molecule has 0 fully saturated rings. The molecule has 0 aliphatic carbocycles. The zero-order valence-corrected chi connectivity index (χ0v) is 20.7. The van der Waals surface area contributed by atoms with E-state index in [2.05, 4.69) is 5.32 Å². The van der Waals surface area contributed by atoms with Gasteiger partial charge in [0.2, 0.25) is 0 Å². The van der Waals surface area contributed by atoms with E-state index < -0.39 is 6.10 Å². The molecule has 0 radical (unpaired) electrons. The van der Waals surface area contributed by atoms with Crippen molar-refractivity contribution in [1.82, 2.24) is 0 Å². The van der Waals surface area contributed by atoms with E-state index in [9.17, 15) is 9.59 Å². The Hall–Kier alpha value is -3.42. The summed E-state index contributed by atoms with van der Waals surface area (Å²) in [5, 5.41) is 3.59. The van der Waals surface area contributed by atoms with Crippen molar-refractivity contribution in [3.05, 3.63) is 76.3 Å². The lowest BCUT2D eigenvalue weighted by Gasteiger charge is -2.30. The van der Waals surface area contributed by atoms with E-state index in [-0.39, 0.29) is 18.4 Å². The number of anilines is 2. The molecule has 4 rings (SSSR count). The summed E-state index contributed by atoms with van der Waals surface area (Å²) in [5.74, 6) is 1.06. The van der Waals surface area contributed by atoms with Crippen LogP contribution in [0.2, 0.25) is 10.0 Å². The predicted molar refractivity (Wildman–Crippen MR) is 136 cm³/mol. The summed E-state index contributed by atoms with van der Waals surface area (Å²) in [4.78, 5) is 26.9. The molecule has 1 heterocycles. The van der Waals surface area contributed by atoms with Crippen molar-refractivity contribution in [2.24, 2.45) is 0 Å². The number of nitrogens with zero attached hydrogens (tertiary/aromatic N) is 1. The standard InChI is InChI=1S/C26H24Cl2N2O5/c1-16-3-7-20(8-4-16)33-12-11-30-22-14-19(6-10-24(22)34-15-25(30)31)29-26(32)17(2)35-23-9-5-18(27)13-21(23)28/h3-10,13-14,17H,11-12,15H2,1-2H3,(H,29,32). The van der Waals surface area contributed by atoms with Crippen LogP contribution in [-0.4, -0.2) is 37.7 Å². The second-order valence-corrected chi connectivity index (χ2v) is 8.85. The number of nitrogens with one attached hydrogen (secondary N) is 1. The molecule has 3 aromatic carbocycles. The summed E-state index contributed by atoms with van der Waals surface area (Å²) >= 11 is 12.0. The van der Waals surface area contributed by atoms with Crippen molar-refractivity contribution >= 4 is 46.4 Å². The Morgan fingerprint density at radius 3 is 2.63 bits per heavy atom. The number of hydrogen-bond donors (Lipinski definition) is 1. The van der Waals surface area contributed by atoms with Gasteiger partial charge in [-0.05, 0) is 62.4 Å². The predicted octanol–water partition coefficient (Wildman–Crippen LogP) is 5.51. The van der Waals surface area contributed by atoms with E-state index in [1.165, 1.54) is 0 Å². The Labute approximate surface area is 213 Å². The monoisotopic (exact) mass is 514 g/mol. The van der Waals surface area contributed by atoms with Crippen LogP contribution < -0.4 is 24.4 Å². The summed E-state index contributed by atoms with van der Waals surface area (Å²) in [6.07, 6.45) is -0.832. The van der Waals surface area contributed by atoms with Gasteiger partial charge in [0.1, 0.15) is 23.9 Å². The number of hydrogen-bond acceptors (Lipinski definition) is 5. The zero-order valence-electron chi connectivity index (χ0n) is 19.2. The summed E-state index contributed by atoms with van der Waals surface area (Å²) in [7, 11) is 0. The summed E-state index contributed by atoms with van der Waals surface area (Å²) in [6, 6.07) is 17.6. The molecule has 1 aliphatic heterocycles. The fraction of sp³-hybridized carbons (Fsp3) is 0.231. The number of carbonyl (C=O) groups excluding carboxylic acids is 2. The number of fused-ring (bicyclic) bond motifs is 1. The summed E-state index contributed by atoms with van der Waals surface area (Å²) in [6.45, 7) is 4.19. The van der Waals surface area contributed by atoms with Crippen molar-refractivity contribution in [3.8, 4) is 17.2 Å². The maximum atomic E-state index is 12.7. The van der Waals surface area contributed by atoms with Crippen LogP contribution in [-0.2, 0) is 9.59 Å². The first-order valence-electron chi connectivity index (χ1n) is 11.0. The quantitative estimate of drug-likeness (QED) is 0.428. The highest BCUT2D eigenvalue weighted by molar-refractivity contribution is 6.35. The third-order valence-electron chi connectivity index (χ3n) is 5.34. The average Bonchev–Trinajstić information content (AvgIpc) is 2.83. The minimum atomic E-state index is -0.832. The third kappa shape index (κ3) is 6.18. The van der Waals surface area contributed by atoms with Crippen molar-refractivity contribution in [1.29, 1.82) is 0 Å². The van der Waals surface area contributed by atoms with E-state index >= 15 is 0 Å². The Kier molecular flexibility index (Phi) is 7.68. The molecule has 1 aliphatic rings. The second-order valence-electron chi connectivity index (χ2n) is 8.00. The molecule has 35 heavy (non-hydrogen) atoms. The highest BCUT2D eigenvalue weighted by atomic mass is 35.5. The zero-order chi connectivity index (χ0) is 24.9. The third-order valence-corrected chi connectivity index (χ3v) is 5.87. The van der Waals surface area contributed by atoms with Crippen LogP contribution in [0.3, 0.4) is 0 Å². The van der Waals surface area contributed by atoms with Crippen LogP contribution in [0.15, 0.2) is 60.7 Å². The second kappa shape index (κ2) is 10.9. The van der Waals surface area contributed by atoms with Gasteiger partial charge in [-0.25, -0.2) is 0 Å². The number of halogens is 2. The van der Waals surface area contributed by atoms with Gasteiger partial charge in [0.05, 0.1) is 17.3 Å². The average molecular weight is 515 g/mol. The van der Waals surface area contributed by atoms with Gasteiger partial charge in [0.15, 0.2) is 12.7 Å². The lowest BCUT2D eigenvalue weighted by atomic mass is 10.2. The molecule has 0 aromatic heterocycles. The lowest BCUT2D eigenvalue weighted by Crippen LogP contribution is -2.41. The molecule has 1 unspecified atom stereocenters. The highest BCUT2D eigenvalue weighted by Crippen LogP contribution is 2.35. The van der Waals surface area contributed by atoms with E-state index in [4.69, 9.17) is 37.4 Å². The smallest absolute Gasteiger partial charge is 0.265 e. The molecule has 0 spiro atoms. The number of rotatable bonds is 8. The van der Waals surface area contributed by atoms with Crippen LogP contribution in [0.5, 0.6) is 17.2 Å². The van der Waals surface area contributed by atoms with Gasteiger partial charge < -0.3 is 24.4 Å². The van der Waals surface area contributed by atoms with Gasteiger partial charge in [-0.1, -0.05) is 40.9 Å². The Balaban J connectivity index is 1.42. The number of aryl methyl sites for hydroxylation is 1. The van der Waals surface area contributed by atoms with Gasteiger partial charge in [-0.2, -0.15) is 0 Å². The molecule has 7 nitrogen and oxygen atoms in total. The number of benzene rings is 3. The van der Waals surface area contributed by atoms with E-state index in [0.29, 0.717) is 46.1 Å². The highest BCUT2D eigenvalue weighted by Gasteiger charge is 2.26. The van der Waals surface area contributed by atoms with Gasteiger partial charge in [0.25, 0.3) is 11.8 Å². The van der Waals surface area contributed by atoms with Crippen molar-refractivity contribution < 1.29 is 23.8 Å². The maximum absolute atomic E-state index is 12.7. The lowest BCUT2D eigenvalue weighted by molar-refractivity contribution is -0.122. The topological polar surface area (TPSA) is 77.1 Å². The SMILES string of the molecule is Cc1ccc(OCCN2C(=O)COc3ccc(NC(=O)C(C)Oc4ccc(Cl)cc4Cl)cc32)cc1. The Morgan fingerprint density at radius 2 is 1.89 bits per heavy atom. The first-order chi connectivity index (χ1) is 16.8. The molecule has 2 amide bonds. The molecule has 182 valence electrons. The summed E-state index contributed by atoms with van der Waals surface area (Å²) < 4.78 is 17.0. The van der Waals surface area contributed by atoms with Crippen LogP contribution in [0.1, 0.15) is 12.5 Å². The molecule has 0 bridgehead atoms. The fourth-order valence-electron chi connectivity index (χ4n) is 3.47. The van der Waals surface area contributed by atoms with Crippen molar-refractivity contribution in [2.75, 3.05) is 30.0 Å². The largest absolute Gasteiger partial charge is 0.492 e. The molecule has 0 saturated carbocycles. The van der Waals surface area contributed by atoms with Gasteiger partial charge in [-0.15, -0.1) is 0 Å². The maximum Gasteiger partial charge on any atom is 0.265 e. The van der Waals surface area contributed by atoms with E-state index in [0.717, 1.165) is 11.3 Å². The van der Waals surface area contributed by atoms with Crippen LogP contribution in [0.25, 0.3) is 0 Å². The molecular weight excluding hydrogens is 491 g/mol. The minimum absolute atomic E-state index is 0.0596. The van der Waals surface area contributed by atoms with E-state index in [1.807, 2.05) is 31.2 Å². The minimum Gasteiger partial charge on any atom is -0.492 e.